The Bertz CT molecular complexity index is 821. The number of rotatable bonds is 7. The maximum absolute atomic E-state index is 12.3. The van der Waals surface area contributed by atoms with Gasteiger partial charge in [-0.3, -0.25) is 4.79 Å². The van der Waals surface area contributed by atoms with Crippen LogP contribution in [-0.4, -0.2) is 27.5 Å². The molecule has 0 saturated heterocycles. The molecule has 25 heavy (non-hydrogen) atoms. The number of carbonyl (C=O) groups excluding carboxylic acids is 1. The van der Waals surface area contributed by atoms with Crippen LogP contribution in [0.2, 0.25) is 5.02 Å². The van der Waals surface area contributed by atoms with Crippen molar-refractivity contribution in [2.24, 2.45) is 0 Å². The van der Waals surface area contributed by atoms with Crippen molar-refractivity contribution in [3.05, 3.63) is 59.1 Å². The number of halogens is 1. The quantitative estimate of drug-likeness (QED) is 0.769. The maximum atomic E-state index is 12.3. The number of sulfonamides is 1. The fourth-order valence-corrected chi connectivity index (χ4v) is 3.38. The van der Waals surface area contributed by atoms with E-state index in [0.29, 0.717) is 10.8 Å². The molecule has 2 rings (SSSR count). The van der Waals surface area contributed by atoms with E-state index in [0.717, 1.165) is 5.56 Å². The van der Waals surface area contributed by atoms with Gasteiger partial charge in [0.25, 0.3) is 0 Å². The summed E-state index contributed by atoms with van der Waals surface area (Å²) < 4.78 is 32.0. The highest BCUT2D eigenvalue weighted by Crippen LogP contribution is 2.15. The number of benzene rings is 2. The zero-order valence-corrected chi connectivity index (χ0v) is 15.4. The van der Waals surface area contributed by atoms with Crippen LogP contribution in [0.4, 0.5) is 0 Å². The predicted octanol–water partition coefficient (Wildman–Crippen LogP) is 2.33. The summed E-state index contributed by atoms with van der Waals surface area (Å²) in [5.74, 6) is 0.125. The minimum Gasteiger partial charge on any atom is -0.497 e. The lowest BCUT2D eigenvalue weighted by atomic mass is 10.2. The molecule has 0 aromatic heterocycles. The van der Waals surface area contributed by atoms with E-state index in [9.17, 15) is 13.2 Å². The van der Waals surface area contributed by atoms with Crippen LogP contribution < -0.4 is 14.8 Å². The number of nitrogens with one attached hydrogen (secondary N) is 2. The first-order valence-electron chi connectivity index (χ1n) is 7.50. The summed E-state index contributed by atoms with van der Waals surface area (Å²) in [6.07, 6.45) is 0. The molecule has 134 valence electrons. The fraction of sp³-hybridized carbons (Fsp3) is 0.235. The SMILES string of the molecule is COc1ccc(S(=O)(=O)N[C@H](C)C(=O)NCc2ccc(Cl)cc2)cc1. The van der Waals surface area contributed by atoms with Crippen LogP contribution in [0.5, 0.6) is 5.75 Å². The smallest absolute Gasteiger partial charge is 0.241 e. The van der Waals surface area contributed by atoms with E-state index < -0.39 is 22.0 Å². The van der Waals surface area contributed by atoms with Gasteiger partial charge in [0.1, 0.15) is 5.75 Å². The van der Waals surface area contributed by atoms with Gasteiger partial charge in [-0.2, -0.15) is 4.72 Å². The summed E-state index contributed by atoms with van der Waals surface area (Å²) in [6.45, 7) is 1.77. The van der Waals surface area contributed by atoms with Crippen molar-refractivity contribution < 1.29 is 17.9 Å². The second-order valence-electron chi connectivity index (χ2n) is 5.36. The highest BCUT2D eigenvalue weighted by atomic mass is 35.5. The Morgan fingerprint density at radius 1 is 1.12 bits per heavy atom. The van der Waals surface area contributed by atoms with Crippen LogP contribution in [0, 0.1) is 0 Å². The summed E-state index contributed by atoms with van der Waals surface area (Å²) in [5.41, 5.74) is 0.864. The lowest BCUT2D eigenvalue weighted by Gasteiger charge is -2.15. The average Bonchev–Trinajstić information content (AvgIpc) is 2.60. The van der Waals surface area contributed by atoms with Gasteiger partial charge in [-0.1, -0.05) is 23.7 Å². The van der Waals surface area contributed by atoms with Gasteiger partial charge in [0, 0.05) is 11.6 Å². The molecule has 6 nitrogen and oxygen atoms in total. The highest BCUT2D eigenvalue weighted by molar-refractivity contribution is 7.89. The molecular formula is C17H19ClN2O4S. The van der Waals surface area contributed by atoms with E-state index in [1.54, 1.807) is 36.4 Å². The Morgan fingerprint density at radius 3 is 2.28 bits per heavy atom. The summed E-state index contributed by atoms with van der Waals surface area (Å²) in [7, 11) is -2.31. The molecule has 0 saturated carbocycles. The molecule has 0 aliphatic rings. The molecule has 2 aromatic carbocycles. The molecule has 0 unspecified atom stereocenters. The summed E-state index contributed by atoms with van der Waals surface area (Å²) in [5, 5.41) is 3.29. The number of methoxy groups -OCH3 is 1. The van der Waals surface area contributed by atoms with Gasteiger partial charge in [0.05, 0.1) is 18.0 Å². The first-order valence-corrected chi connectivity index (χ1v) is 9.36. The fourth-order valence-electron chi connectivity index (χ4n) is 2.05. The second-order valence-corrected chi connectivity index (χ2v) is 7.51. The summed E-state index contributed by atoms with van der Waals surface area (Å²) in [4.78, 5) is 12.2. The monoisotopic (exact) mass is 382 g/mol. The van der Waals surface area contributed by atoms with Crippen LogP contribution >= 0.6 is 11.6 Å². The molecule has 2 N–H and O–H groups in total. The molecule has 2 aromatic rings. The molecule has 1 amide bonds. The van der Waals surface area contributed by atoms with Crippen molar-refractivity contribution in [2.45, 2.75) is 24.4 Å². The lowest BCUT2D eigenvalue weighted by Crippen LogP contribution is -2.44. The van der Waals surface area contributed by atoms with Crippen molar-refractivity contribution in [3.8, 4) is 5.75 Å². The van der Waals surface area contributed by atoms with Gasteiger partial charge < -0.3 is 10.1 Å². The van der Waals surface area contributed by atoms with E-state index in [4.69, 9.17) is 16.3 Å². The van der Waals surface area contributed by atoms with Gasteiger partial charge >= 0.3 is 0 Å². The molecule has 0 fully saturated rings. The molecule has 0 spiro atoms. The van der Waals surface area contributed by atoms with Crippen molar-refractivity contribution in [1.82, 2.24) is 10.0 Å². The molecule has 0 aliphatic heterocycles. The summed E-state index contributed by atoms with van der Waals surface area (Å²) in [6, 6.07) is 12.0. The average molecular weight is 383 g/mol. The van der Waals surface area contributed by atoms with Gasteiger partial charge in [-0.25, -0.2) is 8.42 Å². The first kappa shape index (κ1) is 19.2. The van der Waals surface area contributed by atoms with Crippen LogP contribution in [-0.2, 0) is 21.4 Å². The zero-order chi connectivity index (χ0) is 18.4. The van der Waals surface area contributed by atoms with E-state index in [1.807, 2.05) is 0 Å². The van der Waals surface area contributed by atoms with E-state index in [-0.39, 0.29) is 11.4 Å². The minimum absolute atomic E-state index is 0.0608. The normalized spacial score (nSPS) is 12.4. The Hall–Kier alpha value is -2.09. The largest absolute Gasteiger partial charge is 0.497 e. The van der Waals surface area contributed by atoms with E-state index in [1.165, 1.54) is 26.2 Å². The number of hydrogen-bond donors (Lipinski definition) is 2. The Morgan fingerprint density at radius 2 is 1.72 bits per heavy atom. The highest BCUT2D eigenvalue weighted by Gasteiger charge is 2.21. The maximum Gasteiger partial charge on any atom is 0.241 e. The van der Waals surface area contributed by atoms with Crippen molar-refractivity contribution in [3.63, 3.8) is 0 Å². The third-order valence-corrected chi connectivity index (χ3v) is 5.28. The summed E-state index contributed by atoms with van der Waals surface area (Å²) >= 11 is 5.80. The number of ether oxygens (including phenoxy) is 1. The van der Waals surface area contributed by atoms with E-state index in [2.05, 4.69) is 10.0 Å². The van der Waals surface area contributed by atoms with Crippen LogP contribution in [0.15, 0.2) is 53.4 Å². The standard InChI is InChI=1S/C17H19ClN2O4S/c1-12(17(21)19-11-13-3-5-14(18)6-4-13)20-25(22,23)16-9-7-15(24-2)8-10-16/h3-10,12,20H,11H2,1-2H3,(H,19,21)/t12-/m1/s1. The van der Waals surface area contributed by atoms with Crippen molar-refractivity contribution in [2.75, 3.05) is 7.11 Å². The molecule has 0 bridgehead atoms. The lowest BCUT2D eigenvalue weighted by molar-refractivity contribution is -0.122. The van der Waals surface area contributed by atoms with Gasteiger partial charge in [-0.05, 0) is 48.9 Å². The van der Waals surface area contributed by atoms with E-state index >= 15 is 0 Å². The molecule has 0 radical (unpaired) electrons. The minimum atomic E-state index is -3.80. The molecular weight excluding hydrogens is 364 g/mol. The molecule has 0 heterocycles. The third kappa shape index (κ3) is 5.45. The van der Waals surface area contributed by atoms with Crippen LogP contribution in [0.25, 0.3) is 0 Å². The number of hydrogen-bond acceptors (Lipinski definition) is 4. The van der Waals surface area contributed by atoms with Crippen molar-refractivity contribution in [1.29, 1.82) is 0 Å². The Balaban J connectivity index is 1.95. The second kappa shape index (κ2) is 8.33. The van der Waals surface area contributed by atoms with Crippen LogP contribution in [0.3, 0.4) is 0 Å². The number of carbonyl (C=O) groups is 1. The first-order chi connectivity index (χ1) is 11.8. The number of amides is 1. The predicted molar refractivity (Wildman–Crippen MR) is 96.1 cm³/mol. The topological polar surface area (TPSA) is 84.5 Å². The third-order valence-electron chi connectivity index (χ3n) is 3.47. The Labute approximate surface area is 152 Å². The molecule has 8 heteroatoms. The molecule has 1 atom stereocenters. The van der Waals surface area contributed by atoms with Gasteiger partial charge in [0.15, 0.2) is 0 Å². The zero-order valence-electron chi connectivity index (χ0n) is 13.8. The molecule has 0 aliphatic carbocycles. The Kier molecular flexibility index (Phi) is 6.41. The van der Waals surface area contributed by atoms with Crippen LogP contribution in [0.1, 0.15) is 12.5 Å². The van der Waals surface area contributed by atoms with Gasteiger partial charge in [0.2, 0.25) is 15.9 Å². The van der Waals surface area contributed by atoms with Crippen molar-refractivity contribution >= 4 is 27.5 Å². The van der Waals surface area contributed by atoms with Gasteiger partial charge in [-0.15, -0.1) is 0 Å².